The number of nitrogens with two attached hydrogens (primary N) is 1. The number of aryl methyl sites for hydroxylation is 1. The molecule has 0 bridgehead atoms. The number of fused-ring (bicyclic) bond motifs is 10. The molecule has 4 heterocycles. The van der Waals surface area contributed by atoms with E-state index in [-0.39, 0.29) is 0 Å². The van der Waals surface area contributed by atoms with Gasteiger partial charge < -0.3 is 10.2 Å². The van der Waals surface area contributed by atoms with Gasteiger partial charge in [-0.15, -0.1) is 34.0 Å². The van der Waals surface area contributed by atoms with Crippen LogP contribution in [-0.2, 0) is 13.1 Å². The summed E-state index contributed by atoms with van der Waals surface area (Å²) >= 11 is 5.49. The number of aliphatic imine (C=N–C) groups is 2. The first-order chi connectivity index (χ1) is 33.4. The summed E-state index contributed by atoms with van der Waals surface area (Å²) in [6, 6.07) is 47.5. The Morgan fingerprint density at radius 1 is 0.676 bits per heavy atom. The highest BCUT2D eigenvalue weighted by molar-refractivity contribution is 7.26. The molecule has 336 valence electrons. The monoisotopic (exact) mass is 939 g/mol. The summed E-state index contributed by atoms with van der Waals surface area (Å²) < 4.78 is 12.6. The van der Waals surface area contributed by atoms with Crippen molar-refractivity contribution in [1.29, 1.82) is 0 Å². The van der Waals surface area contributed by atoms with Gasteiger partial charge >= 0.3 is 0 Å². The minimum Gasteiger partial charge on any atom is -0.456 e. The van der Waals surface area contributed by atoms with Crippen molar-refractivity contribution in [2.45, 2.75) is 47.7 Å². The fourth-order valence-electron chi connectivity index (χ4n) is 9.06. The maximum absolute atomic E-state index is 6.35. The van der Waals surface area contributed by atoms with Crippen LogP contribution in [0.4, 0.5) is 0 Å². The Morgan fingerprint density at radius 3 is 2.26 bits per heavy atom. The Bertz CT molecular complexity index is 3810. The molecule has 11 rings (SSSR count). The summed E-state index contributed by atoms with van der Waals surface area (Å²) in [6.45, 7) is 19.0. The van der Waals surface area contributed by atoms with Gasteiger partial charge in [0.25, 0.3) is 0 Å². The molecule has 0 radical (unpaired) electrons. The lowest BCUT2D eigenvalue weighted by atomic mass is 9.96. The van der Waals surface area contributed by atoms with E-state index in [1.165, 1.54) is 88.7 Å². The minimum absolute atomic E-state index is 0.567. The van der Waals surface area contributed by atoms with Gasteiger partial charge in [0.15, 0.2) is 0 Å². The quantitative estimate of drug-likeness (QED) is 0.0843. The predicted octanol–water partition coefficient (Wildman–Crippen LogP) is 18.5. The maximum atomic E-state index is 6.35. The van der Waals surface area contributed by atoms with Crippen molar-refractivity contribution in [1.82, 2.24) is 0 Å². The molecule has 0 aliphatic rings. The summed E-state index contributed by atoms with van der Waals surface area (Å²) in [5.74, 6) is 0.590. The number of allylic oxidation sites excluding steroid dienone is 6. The van der Waals surface area contributed by atoms with Gasteiger partial charge in [0, 0.05) is 66.3 Å². The average molecular weight is 940 g/mol. The van der Waals surface area contributed by atoms with Gasteiger partial charge in [0.2, 0.25) is 0 Å². The normalized spacial score (nSPS) is 12.2. The molecular formula is C61H53N3OS3. The summed E-state index contributed by atoms with van der Waals surface area (Å²) in [5, 5.41) is 8.73. The van der Waals surface area contributed by atoms with Crippen LogP contribution in [0.1, 0.15) is 60.4 Å². The van der Waals surface area contributed by atoms with Crippen LogP contribution in [0.2, 0.25) is 0 Å². The van der Waals surface area contributed by atoms with Gasteiger partial charge in [-0.3, -0.25) is 9.98 Å². The molecule has 2 N–H and O–H groups in total. The van der Waals surface area contributed by atoms with Gasteiger partial charge in [-0.25, -0.2) is 0 Å². The molecule has 0 aliphatic carbocycles. The van der Waals surface area contributed by atoms with Gasteiger partial charge in [-0.1, -0.05) is 148 Å². The van der Waals surface area contributed by atoms with Crippen molar-refractivity contribution in [2.24, 2.45) is 15.7 Å². The third-order valence-corrected chi connectivity index (χ3v) is 15.6. The van der Waals surface area contributed by atoms with Crippen molar-refractivity contribution in [3.63, 3.8) is 0 Å². The lowest BCUT2D eigenvalue weighted by Gasteiger charge is -2.07. The van der Waals surface area contributed by atoms with Crippen LogP contribution in [0.5, 0.6) is 0 Å². The van der Waals surface area contributed by atoms with Crippen molar-refractivity contribution in [2.75, 3.05) is 0 Å². The molecule has 0 unspecified atom stereocenters. The average Bonchev–Trinajstić information content (AvgIpc) is 4.14. The number of hydrogen-bond donors (Lipinski definition) is 1. The molecule has 4 nitrogen and oxygen atoms in total. The number of furan rings is 1. The highest BCUT2D eigenvalue weighted by Gasteiger charge is 2.17. The Hall–Kier alpha value is -7.16. The standard InChI is InChI=1S/C33H25NOS.C26H22N2S2.C2H6/c1-4-6-10-21(5-2)25-13-8-14-26-32-24(12-9-16-30(32)36-33(25)26)22-17-18-28-27(19-22)31-23(20-34-3)11-7-15-29(31)35-28;1-3-6-19-16(2)29-25-14-18(10-12-21(19)25)26(27)28-15-17-9-11-22-20-7-4-5-8-23(20)30-24(22)13-17;1-2/h4-19H,1,3,20H2,2H3;3-14H,15H2,1-2H3,(H2,27,28);1-2H3/b10-6-,21-5+;6-3-;. The van der Waals surface area contributed by atoms with Gasteiger partial charge in [0.05, 0.1) is 13.1 Å². The van der Waals surface area contributed by atoms with E-state index in [4.69, 9.17) is 10.2 Å². The van der Waals surface area contributed by atoms with Crippen molar-refractivity contribution in [3.05, 3.63) is 203 Å². The van der Waals surface area contributed by atoms with Crippen LogP contribution in [0.3, 0.4) is 0 Å². The number of thiophene rings is 3. The van der Waals surface area contributed by atoms with E-state index in [1.807, 2.05) is 72.1 Å². The highest BCUT2D eigenvalue weighted by atomic mass is 32.1. The number of amidine groups is 1. The molecular weight excluding hydrogens is 887 g/mol. The fourth-order valence-corrected chi connectivity index (χ4v) is 12.6. The van der Waals surface area contributed by atoms with E-state index in [2.05, 4.69) is 190 Å². The number of benzene rings is 7. The minimum atomic E-state index is 0.567. The van der Waals surface area contributed by atoms with Gasteiger partial charge in [-0.05, 0) is 114 Å². The zero-order valence-corrected chi connectivity index (χ0v) is 41.5. The van der Waals surface area contributed by atoms with E-state index in [0.29, 0.717) is 18.9 Å². The van der Waals surface area contributed by atoms with E-state index in [1.54, 1.807) is 0 Å². The lowest BCUT2D eigenvalue weighted by molar-refractivity contribution is 0.668. The van der Waals surface area contributed by atoms with Crippen molar-refractivity contribution in [3.8, 4) is 11.1 Å². The second-order valence-electron chi connectivity index (χ2n) is 16.2. The summed E-state index contributed by atoms with van der Waals surface area (Å²) in [6.07, 6.45) is 12.4. The largest absolute Gasteiger partial charge is 0.456 e. The molecule has 0 aliphatic heterocycles. The second kappa shape index (κ2) is 20.4. The van der Waals surface area contributed by atoms with Crippen LogP contribution < -0.4 is 5.73 Å². The van der Waals surface area contributed by atoms with Crippen LogP contribution in [0.15, 0.2) is 185 Å². The topological polar surface area (TPSA) is 63.9 Å². The number of hydrogen-bond acceptors (Lipinski definition) is 6. The van der Waals surface area contributed by atoms with Gasteiger partial charge in [0.1, 0.15) is 17.0 Å². The third-order valence-electron chi connectivity index (χ3n) is 12.1. The SMILES string of the molecule is C/C=C\c1c(C)sc2cc(C(N)=NCc3ccc4c(c3)sc3ccccc34)ccc12.C=C/C=C\C(=C/C)c1cccc2c1sc1cccc(-c3ccc4oc5cccc(CN=C)c5c4c3)c12.CC. The second-order valence-corrected chi connectivity index (χ2v) is 19.6. The first-order valence-corrected chi connectivity index (χ1v) is 25.5. The molecule has 0 spiro atoms. The molecule has 4 aromatic heterocycles. The Labute approximate surface area is 410 Å². The predicted molar refractivity (Wildman–Crippen MR) is 305 cm³/mol. The summed E-state index contributed by atoms with van der Waals surface area (Å²) in [7, 11) is 0. The summed E-state index contributed by atoms with van der Waals surface area (Å²) in [5.41, 5.74) is 17.6. The smallest absolute Gasteiger partial charge is 0.135 e. The molecule has 7 heteroatoms. The van der Waals surface area contributed by atoms with Crippen molar-refractivity contribution >= 4 is 131 Å². The van der Waals surface area contributed by atoms with E-state index >= 15 is 0 Å². The van der Waals surface area contributed by atoms with E-state index in [9.17, 15) is 0 Å². The van der Waals surface area contributed by atoms with Crippen LogP contribution in [-0.4, -0.2) is 12.6 Å². The van der Waals surface area contributed by atoms with E-state index < -0.39 is 0 Å². The van der Waals surface area contributed by atoms with Crippen molar-refractivity contribution < 1.29 is 4.42 Å². The number of nitrogens with zero attached hydrogens (tertiary/aromatic N) is 2. The molecule has 0 saturated carbocycles. The number of rotatable bonds is 10. The lowest BCUT2D eigenvalue weighted by Crippen LogP contribution is -2.13. The van der Waals surface area contributed by atoms with Gasteiger partial charge in [-0.2, -0.15) is 0 Å². The molecule has 11 aromatic rings. The molecule has 7 aromatic carbocycles. The third kappa shape index (κ3) is 8.77. The van der Waals surface area contributed by atoms with Crippen LogP contribution >= 0.6 is 34.0 Å². The summed E-state index contributed by atoms with van der Waals surface area (Å²) in [4.78, 5) is 10.1. The van der Waals surface area contributed by atoms with Crippen LogP contribution in [0.25, 0.3) is 95.1 Å². The Morgan fingerprint density at radius 2 is 1.44 bits per heavy atom. The zero-order valence-electron chi connectivity index (χ0n) is 39.1. The maximum Gasteiger partial charge on any atom is 0.135 e. The zero-order chi connectivity index (χ0) is 47.3. The molecule has 0 fully saturated rings. The molecule has 0 atom stereocenters. The van der Waals surface area contributed by atoms with Crippen LogP contribution in [0, 0.1) is 6.92 Å². The first-order valence-electron chi connectivity index (χ1n) is 23.0. The Kier molecular flexibility index (Phi) is 13.8. The Balaban J connectivity index is 0.000000167. The first kappa shape index (κ1) is 46.0. The fraction of sp³-hybridized carbons (Fsp3) is 0.115. The van der Waals surface area contributed by atoms with E-state index in [0.717, 1.165) is 33.1 Å². The highest BCUT2D eigenvalue weighted by Crippen LogP contribution is 2.44. The molecule has 0 saturated heterocycles. The molecule has 68 heavy (non-hydrogen) atoms. The molecule has 0 amide bonds.